The van der Waals surface area contributed by atoms with Gasteiger partial charge in [0.25, 0.3) is 0 Å². The summed E-state index contributed by atoms with van der Waals surface area (Å²) in [6, 6.07) is 5.06. The lowest BCUT2D eigenvalue weighted by atomic mass is 9.83. The molecule has 1 aliphatic rings. The standard InChI is InChI=1S/C19H23F3N2O4S/c1-3-29(25,26)24-17-6-7-19(21,22)10-13(17)11-27-14-4-5-15(16(20)9-14)18-8-12(2)28-23-18/h4-5,8-9,13,17,24H,3,6-7,10-11H2,1-2H3/t13-,17+/m1/s1. The van der Waals surface area contributed by atoms with Crippen LogP contribution in [0.1, 0.15) is 31.9 Å². The number of benzene rings is 1. The van der Waals surface area contributed by atoms with Gasteiger partial charge in [0, 0.05) is 42.5 Å². The summed E-state index contributed by atoms with van der Waals surface area (Å²) < 4.78 is 78.8. The minimum absolute atomic E-state index is 0.0130. The van der Waals surface area contributed by atoms with Crippen LogP contribution in [-0.2, 0) is 10.0 Å². The van der Waals surface area contributed by atoms with Crippen molar-refractivity contribution in [3.05, 3.63) is 35.8 Å². The molecule has 0 amide bonds. The van der Waals surface area contributed by atoms with Crippen LogP contribution in [-0.4, -0.2) is 37.9 Å². The number of ether oxygens (including phenoxy) is 1. The van der Waals surface area contributed by atoms with Crippen molar-refractivity contribution >= 4 is 10.0 Å². The Morgan fingerprint density at radius 2 is 2.10 bits per heavy atom. The number of nitrogens with one attached hydrogen (secondary N) is 1. The predicted molar refractivity (Wildman–Crippen MR) is 101 cm³/mol. The Hall–Kier alpha value is -2.07. The summed E-state index contributed by atoms with van der Waals surface area (Å²) in [5.41, 5.74) is 0.569. The third-order valence-electron chi connectivity index (χ3n) is 4.97. The van der Waals surface area contributed by atoms with Gasteiger partial charge in [0.2, 0.25) is 15.9 Å². The molecule has 2 atom stereocenters. The monoisotopic (exact) mass is 432 g/mol. The van der Waals surface area contributed by atoms with Crippen LogP contribution in [0.5, 0.6) is 5.75 Å². The van der Waals surface area contributed by atoms with E-state index in [2.05, 4.69) is 9.88 Å². The second kappa shape index (κ2) is 8.35. The topological polar surface area (TPSA) is 81.4 Å². The van der Waals surface area contributed by atoms with Crippen molar-refractivity contribution in [2.24, 2.45) is 5.92 Å². The Morgan fingerprint density at radius 3 is 2.72 bits per heavy atom. The van der Waals surface area contributed by atoms with Crippen molar-refractivity contribution in [3.8, 4) is 17.0 Å². The van der Waals surface area contributed by atoms with Crippen molar-refractivity contribution < 1.29 is 30.8 Å². The Morgan fingerprint density at radius 1 is 1.34 bits per heavy atom. The fourth-order valence-corrected chi connectivity index (χ4v) is 4.30. The largest absolute Gasteiger partial charge is 0.493 e. The summed E-state index contributed by atoms with van der Waals surface area (Å²) >= 11 is 0. The van der Waals surface area contributed by atoms with E-state index in [0.29, 0.717) is 11.5 Å². The average molecular weight is 432 g/mol. The van der Waals surface area contributed by atoms with E-state index in [4.69, 9.17) is 9.26 Å². The molecule has 160 valence electrons. The van der Waals surface area contributed by atoms with Crippen molar-refractivity contribution in [2.75, 3.05) is 12.4 Å². The van der Waals surface area contributed by atoms with E-state index >= 15 is 0 Å². The zero-order chi connectivity index (χ0) is 21.2. The molecular weight excluding hydrogens is 409 g/mol. The predicted octanol–water partition coefficient (Wildman–Crippen LogP) is 3.91. The molecular formula is C19H23F3N2O4S. The molecule has 1 heterocycles. The Kier molecular flexibility index (Phi) is 6.23. The highest BCUT2D eigenvalue weighted by atomic mass is 32.2. The first-order valence-corrected chi connectivity index (χ1v) is 11.0. The van der Waals surface area contributed by atoms with Gasteiger partial charge in [-0.05, 0) is 32.4 Å². The molecule has 0 unspecified atom stereocenters. The number of nitrogens with zero attached hydrogens (tertiary/aromatic N) is 1. The lowest BCUT2D eigenvalue weighted by Gasteiger charge is -2.36. The van der Waals surface area contributed by atoms with Gasteiger partial charge >= 0.3 is 0 Å². The summed E-state index contributed by atoms with van der Waals surface area (Å²) in [6.45, 7) is 3.01. The normalized spacial score (nSPS) is 21.8. The summed E-state index contributed by atoms with van der Waals surface area (Å²) in [7, 11) is -3.54. The molecule has 1 aromatic carbocycles. The van der Waals surface area contributed by atoms with Gasteiger partial charge in [0.1, 0.15) is 23.0 Å². The zero-order valence-electron chi connectivity index (χ0n) is 16.1. The van der Waals surface area contributed by atoms with E-state index < -0.39 is 40.1 Å². The molecule has 0 saturated heterocycles. The van der Waals surface area contributed by atoms with Crippen molar-refractivity contribution in [2.45, 2.75) is 45.1 Å². The molecule has 0 radical (unpaired) electrons. The number of hydrogen-bond acceptors (Lipinski definition) is 5. The molecule has 10 heteroatoms. The van der Waals surface area contributed by atoms with Crippen LogP contribution in [0.3, 0.4) is 0 Å². The molecule has 0 bridgehead atoms. The third-order valence-corrected chi connectivity index (χ3v) is 6.39. The molecule has 1 aliphatic carbocycles. The van der Waals surface area contributed by atoms with E-state index in [1.807, 2.05) is 0 Å². The first-order chi connectivity index (χ1) is 13.6. The summed E-state index contributed by atoms with van der Waals surface area (Å²) in [4.78, 5) is 0. The third kappa shape index (κ3) is 5.51. The quantitative estimate of drug-likeness (QED) is 0.718. The van der Waals surface area contributed by atoms with Gasteiger partial charge in [0.15, 0.2) is 0 Å². The highest BCUT2D eigenvalue weighted by molar-refractivity contribution is 7.89. The summed E-state index contributed by atoms with van der Waals surface area (Å²) in [5.74, 6) is -3.64. The van der Waals surface area contributed by atoms with E-state index in [0.717, 1.165) is 6.07 Å². The van der Waals surface area contributed by atoms with Crippen LogP contribution in [0.25, 0.3) is 11.3 Å². The van der Waals surface area contributed by atoms with E-state index in [1.54, 1.807) is 13.0 Å². The number of alkyl halides is 2. The van der Waals surface area contributed by atoms with Crippen LogP contribution >= 0.6 is 0 Å². The van der Waals surface area contributed by atoms with Crippen LogP contribution < -0.4 is 9.46 Å². The number of rotatable bonds is 7. The first kappa shape index (κ1) is 21.6. The van der Waals surface area contributed by atoms with Crippen molar-refractivity contribution in [3.63, 3.8) is 0 Å². The second-order valence-electron chi connectivity index (χ2n) is 7.26. The molecule has 29 heavy (non-hydrogen) atoms. The molecule has 0 aliphatic heterocycles. The first-order valence-electron chi connectivity index (χ1n) is 9.32. The van der Waals surface area contributed by atoms with Crippen molar-refractivity contribution in [1.29, 1.82) is 0 Å². The van der Waals surface area contributed by atoms with E-state index in [9.17, 15) is 21.6 Å². The van der Waals surface area contributed by atoms with Gasteiger partial charge in [0.05, 0.1) is 12.4 Å². The maximum absolute atomic E-state index is 14.4. The number of aryl methyl sites for hydroxylation is 1. The summed E-state index contributed by atoms with van der Waals surface area (Å²) in [5, 5.41) is 3.76. The van der Waals surface area contributed by atoms with Gasteiger partial charge < -0.3 is 9.26 Å². The fourth-order valence-electron chi connectivity index (χ4n) is 3.36. The molecule has 1 N–H and O–H groups in total. The number of halogens is 3. The van der Waals surface area contributed by atoms with Gasteiger partial charge in [-0.3, -0.25) is 0 Å². The minimum Gasteiger partial charge on any atom is -0.493 e. The van der Waals surface area contributed by atoms with E-state index in [1.165, 1.54) is 19.1 Å². The van der Waals surface area contributed by atoms with Crippen LogP contribution in [0.4, 0.5) is 13.2 Å². The van der Waals surface area contributed by atoms with Gasteiger partial charge in [-0.2, -0.15) is 0 Å². The van der Waals surface area contributed by atoms with Crippen LogP contribution in [0.2, 0.25) is 0 Å². The molecule has 6 nitrogen and oxygen atoms in total. The molecule has 0 spiro atoms. The molecule has 1 aromatic heterocycles. The van der Waals surface area contributed by atoms with Crippen LogP contribution in [0.15, 0.2) is 28.8 Å². The highest BCUT2D eigenvalue weighted by Gasteiger charge is 2.42. The molecule has 1 saturated carbocycles. The number of sulfonamides is 1. The minimum atomic E-state index is -3.54. The van der Waals surface area contributed by atoms with Gasteiger partial charge in [-0.25, -0.2) is 26.3 Å². The summed E-state index contributed by atoms with van der Waals surface area (Å²) in [6.07, 6.45) is -0.872. The average Bonchev–Trinajstić information content (AvgIpc) is 3.07. The SMILES string of the molecule is CCS(=O)(=O)N[C@H]1CCC(F)(F)C[C@@H]1COc1ccc(-c2cc(C)on2)c(F)c1. The Labute approximate surface area is 167 Å². The number of aromatic nitrogens is 1. The molecule has 2 aromatic rings. The second-order valence-corrected chi connectivity index (χ2v) is 9.30. The van der Waals surface area contributed by atoms with Crippen LogP contribution in [0, 0.1) is 18.7 Å². The zero-order valence-corrected chi connectivity index (χ0v) is 16.9. The smallest absolute Gasteiger partial charge is 0.248 e. The van der Waals surface area contributed by atoms with Gasteiger partial charge in [-0.1, -0.05) is 5.16 Å². The number of hydrogen-bond donors (Lipinski definition) is 1. The Balaban J connectivity index is 1.71. The molecule has 1 fully saturated rings. The van der Waals surface area contributed by atoms with Gasteiger partial charge in [-0.15, -0.1) is 0 Å². The fraction of sp³-hybridized carbons (Fsp3) is 0.526. The maximum Gasteiger partial charge on any atom is 0.248 e. The van der Waals surface area contributed by atoms with E-state index in [-0.39, 0.29) is 36.5 Å². The van der Waals surface area contributed by atoms with Crippen molar-refractivity contribution in [1.82, 2.24) is 9.88 Å². The molecule has 3 rings (SSSR count). The maximum atomic E-state index is 14.4. The lowest BCUT2D eigenvalue weighted by Crippen LogP contribution is -2.48. The Bertz CT molecular complexity index is 962. The highest BCUT2D eigenvalue weighted by Crippen LogP contribution is 2.37. The lowest BCUT2D eigenvalue weighted by molar-refractivity contribution is -0.0661.